The quantitative estimate of drug-likeness (QED) is 0.612. The first-order valence-corrected chi connectivity index (χ1v) is 4.51. The molecule has 0 unspecified atom stereocenters. The van der Waals surface area contributed by atoms with Crippen molar-refractivity contribution in [3.05, 3.63) is 29.3 Å². The van der Waals surface area contributed by atoms with Crippen molar-refractivity contribution >= 4 is 5.78 Å². The van der Waals surface area contributed by atoms with Gasteiger partial charge in [0.1, 0.15) is 0 Å². The van der Waals surface area contributed by atoms with Gasteiger partial charge in [-0.2, -0.15) is 17.6 Å². The molecule has 0 fully saturated rings. The van der Waals surface area contributed by atoms with Gasteiger partial charge >= 0.3 is 6.18 Å². The summed E-state index contributed by atoms with van der Waals surface area (Å²) in [5.41, 5.74) is -1.36. The average Bonchev–Trinajstić information content (AvgIpc) is 2.23. The summed E-state index contributed by atoms with van der Waals surface area (Å²) in [7, 11) is 0. The molecule has 0 bridgehead atoms. The van der Waals surface area contributed by atoms with Crippen LogP contribution in [0.25, 0.3) is 0 Å². The third kappa shape index (κ3) is 2.72. The van der Waals surface area contributed by atoms with Crippen LogP contribution in [-0.2, 0) is 0 Å². The fourth-order valence-electron chi connectivity index (χ4n) is 1.13. The Balaban J connectivity index is 3.22. The maximum Gasteiger partial charge on any atom is 0.454 e. The molecule has 0 aliphatic rings. The second kappa shape index (κ2) is 4.68. The van der Waals surface area contributed by atoms with Gasteiger partial charge in [0.25, 0.3) is 5.78 Å². The molecule has 1 aromatic rings. The minimum Gasteiger partial charge on any atom is -0.491 e. The number of ketones is 1. The Bertz CT molecular complexity index is 439. The third-order valence-electron chi connectivity index (χ3n) is 1.85. The average molecular weight is 254 g/mol. The number of ether oxygens (including phenoxy) is 1. The van der Waals surface area contributed by atoms with Crippen molar-refractivity contribution in [3.8, 4) is 5.75 Å². The maximum absolute atomic E-state index is 13.2. The topological polar surface area (TPSA) is 26.3 Å². The summed E-state index contributed by atoms with van der Waals surface area (Å²) in [6.07, 6.45) is -5.25. The molecule has 1 rings (SSSR count). The molecular weight excluding hydrogens is 247 g/mol. The molecule has 0 aliphatic carbocycles. The Morgan fingerprint density at radius 2 is 1.82 bits per heavy atom. The van der Waals surface area contributed by atoms with E-state index in [0.29, 0.717) is 6.07 Å². The van der Waals surface area contributed by atoms with Crippen LogP contribution >= 0.6 is 0 Å². The summed E-state index contributed by atoms with van der Waals surface area (Å²) in [6.45, 7) is 1.51. The van der Waals surface area contributed by atoms with Gasteiger partial charge in [0.05, 0.1) is 12.2 Å². The van der Waals surface area contributed by atoms with E-state index in [2.05, 4.69) is 4.74 Å². The van der Waals surface area contributed by atoms with Gasteiger partial charge in [-0.1, -0.05) is 0 Å². The summed E-state index contributed by atoms with van der Waals surface area (Å²) in [6, 6.07) is 1.32. The molecule has 17 heavy (non-hydrogen) atoms. The first kappa shape index (κ1) is 13.4. The number of benzene rings is 1. The van der Waals surface area contributed by atoms with E-state index in [-0.39, 0.29) is 6.61 Å². The van der Waals surface area contributed by atoms with Gasteiger partial charge in [-0.3, -0.25) is 4.79 Å². The van der Waals surface area contributed by atoms with Gasteiger partial charge in [-0.05, 0) is 19.1 Å². The van der Waals surface area contributed by atoms with Gasteiger partial charge in [-0.25, -0.2) is 4.39 Å². The van der Waals surface area contributed by atoms with E-state index >= 15 is 0 Å². The second-order valence-corrected chi connectivity index (χ2v) is 3.00. The number of carbonyl (C=O) groups excluding carboxylic acids is 1. The molecule has 0 aliphatic heterocycles. The van der Waals surface area contributed by atoms with Crippen LogP contribution in [0, 0.1) is 11.6 Å². The lowest BCUT2D eigenvalue weighted by Crippen LogP contribution is -2.24. The molecule has 2 nitrogen and oxygen atoms in total. The molecule has 0 saturated carbocycles. The number of halogens is 5. The van der Waals surface area contributed by atoms with Crippen LogP contribution in [0.4, 0.5) is 22.0 Å². The highest BCUT2D eigenvalue weighted by atomic mass is 19.4. The van der Waals surface area contributed by atoms with Crippen LogP contribution < -0.4 is 4.74 Å². The van der Waals surface area contributed by atoms with E-state index in [0.717, 1.165) is 6.07 Å². The lowest BCUT2D eigenvalue weighted by Gasteiger charge is -2.09. The number of Topliss-reactive ketones (excluding diaryl/α,β-unsaturated/α-hetero) is 1. The number of rotatable bonds is 3. The van der Waals surface area contributed by atoms with Gasteiger partial charge in [0.15, 0.2) is 11.6 Å². The van der Waals surface area contributed by atoms with Crippen molar-refractivity contribution in [2.45, 2.75) is 13.1 Å². The summed E-state index contributed by atoms with van der Waals surface area (Å²) in [4.78, 5) is 10.7. The molecule has 0 aromatic heterocycles. The van der Waals surface area contributed by atoms with Crippen molar-refractivity contribution in [3.63, 3.8) is 0 Å². The van der Waals surface area contributed by atoms with E-state index in [9.17, 15) is 26.7 Å². The Labute approximate surface area is 93.0 Å². The van der Waals surface area contributed by atoms with Crippen LogP contribution in [0.2, 0.25) is 0 Å². The van der Waals surface area contributed by atoms with E-state index in [1.165, 1.54) is 6.92 Å². The molecule has 1 aromatic carbocycles. The van der Waals surface area contributed by atoms with E-state index in [1.54, 1.807) is 0 Å². The first-order chi connectivity index (χ1) is 7.79. The molecule has 0 atom stereocenters. The molecule has 0 N–H and O–H groups in total. The molecule has 0 heterocycles. The predicted molar refractivity (Wildman–Crippen MR) is 47.9 cm³/mol. The minimum absolute atomic E-state index is 0.0168. The predicted octanol–water partition coefficient (Wildman–Crippen LogP) is 3.11. The van der Waals surface area contributed by atoms with Crippen LogP contribution in [0.3, 0.4) is 0 Å². The maximum atomic E-state index is 13.2. The fourth-order valence-corrected chi connectivity index (χ4v) is 1.13. The Morgan fingerprint density at radius 1 is 1.24 bits per heavy atom. The Morgan fingerprint density at radius 3 is 2.29 bits per heavy atom. The molecule has 0 radical (unpaired) electrons. The highest BCUT2D eigenvalue weighted by Gasteiger charge is 2.41. The lowest BCUT2D eigenvalue weighted by atomic mass is 10.1. The number of hydrogen-bond donors (Lipinski definition) is 0. The second-order valence-electron chi connectivity index (χ2n) is 3.00. The van der Waals surface area contributed by atoms with Gasteiger partial charge in [-0.15, -0.1) is 0 Å². The monoisotopic (exact) mass is 254 g/mol. The van der Waals surface area contributed by atoms with Crippen molar-refractivity contribution in [1.82, 2.24) is 0 Å². The van der Waals surface area contributed by atoms with E-state index in [1.807, 2.05) is 0 Å². The van der Waals surface area contributed by atoms with Crippen molar-refractivity contribution in [1.29, 1.82) is 0 Å². The normalized spacial score (nSPS) is 11.4. The molecular formula is C10H7F5O2. The highest BCUT2D eigenvalue weighted by molar-refractivity contribution is 6.00. The van der Waals surface area contributed by atoms with E-state index < -0.39 is 34.9 Å². The summed E-state index contributed by atoms with van der Waals surface area (Å²) in [5, 5.41) is 0. The minimum atomic E-state index is -5.25. The smallest absolute Gasteiger partial charge is 0.454 e. The molecule has 0 saturated heterocycles. The van der Waals surface area contributed by atoms with Crippen LogP contribution in [-0.4, -0.2) is 18.6 Å². The third-order valence-corrected chi connectivity index (χ3v) is 1.85. The zero-order valence-electron chi connectivity index (χ0n) is 8.57. The van der Waals surface area contributed by atoms with E-state index in [4.69, 9.17) is 0 Å². The fraction of sp³-hybridized carbons (Fsp3) is 0.300. The molecule has 94 valence electrons. The summed E-state index contributed by atoms with van der Waals surface area (Å²) in [5.74, 6) is -6.44. The van der Waals surface area contributed by atoms with Gasteiger partial charge in [0, 0.05) is 0 Å². The highest BCUT2D eigenvalue weighted by Crippen LogP contribution is 2.28. The van der Waals surface area contributed by atoms with Crippen molar-refractivity contribution < 1.29 is 31.5 Å². The number of alkyl halides is 3. The van der Waals surface area contributed by atoms with Crippen molar-refractivity contribution in [2.75, 3.05) is 6.61 Å². The van der Waals surface area contributed by atoms with Gasteiger partial charge in [0.2, 0.25) is 5.82 Å². The van der Waals surface area contributed by atoms with Gasteiger partial charge < -0.3 is 4.74 Å². The summed E-state index contributed by atoms with van der Waals surface area (Å²) >= 11 is 0. The summed E-state index contributed by atoms with van der Waals surface area (Å²) < 4.78 is 67.1. The Hall–Kier alpha value is -1.66. The zero-order valence-corrected chi connectivity index (χ0v) is 8.57. The van der Waals surface area contributed by atoms with Crippen LogP contribution in [0.15, 0.2) is 12.1 Å². The first-order valence-electron chi connectivity index (χ1n) is 4.51. The standard InChI is InChI=1S/C10H7F5O2/c1-2-17-6-4-3-5(7(11)8(6)12)9(16)10(13,14)15/h3-4H,2H2,1H3. The van der Waals surface area contributed by atoms with Crippen molar-refractivity contribution in [2.24, 2.45) is 0 Å². The SMILES string of the molecule is CCOc1ccc(C(=O)C(F)(F)F)c(F)c1F. The zero-order chi connectivity index (χ0) is 13.2. The number of carbonyl (C=O) groups is 1. The van der Waals surface area contributed by atoms with Crippen LogP contribution in [0.1, 0.15) is 17.3 Å². The molecule has 0 spiro atoms. The lowest BCUT2D eigenvalue weighted by molar-refractivity contribution is -0.0887. The Kier molecular flexibility index (Phi) is 3.69. The van der Waals surface area contributed by atoms with Crippen LogP contribution in [0.5, 0.6) is 5.75 Å². The molecule has 0 amide bonds. The number of hydrogen-bond acceptors (Lipinski definition) is 2. The largest absolute Gasteiger partial charge is 0.491 e. The molecule has 7 heteroatoms.